The number of ether oxygens (including phenoxy) is 1. The molecule has 0 radical (unpaired) electrons. The van der Waals surface area contributed by atoms with E-state index in [1.165, 1.54) is 6.42 Å². The molecule has 1 aromatic rings. The summed E-state index contributed by atoms with van der Waals surface area (Å²) in [5.74, 6) is 0.953. The summed E-state index contributed by atoms with van der Waals surface area (Å²) >= 11 is 2.23. The van der Waals surface area contributed by atoms with Gasteiger partial charge in [-0.1, -0.05) is 13.3 Å². The van der Waals surface area contributed by atoms with Gasteiger partial charge in [0.15, 0.2) is 6.61 Å². The molecule has 20 heavy (non-hydrogen) atoms. The molecule has 1 saturated carbocycles. The Kier molecular flexibility index (Phi) is 5.82. The first-order valence-corrected chi connectivity index (χ1v) is 7.96. The monoisotopic (exact) mass is 386 g/mol. The Morgan fingerprint density at radius 2 is 2.15 bits per heavy atom. The first kappa shape index (κ1) is 15.3. The van der Waals surface area contributed by atoms with Crippen molar-refractivity contribution in [2.45, 2.75) is 32.6 Å². The van der Waals surface area contributed by atoms with Crippen LogP contribution in [0.4, 0.5) is 0 Å². The Morgan fingerprint density at radius 3 is 2.85 bits per heavy atom. The lowest BCUT2D eigenvalue weighted by Crippen LogP contribution is -2.28. The Bertz CT molecular complexity index is 485. The molecule has 1 fully saturated rings. The number of halogens is 1. The zero-order valence-corrected chi connectivity index (χ0v) is 13.7. The van der Waals surface area contributed by atoms with Gasteiger partial charge in [-0.05, 0) is 72.0 Å². The van der Waals surface area contributed by atoms with Crippen molar-refractivity contribution in [2.75, 3.05) is 6.61 Å². The molecular weight excluding hydrogens is 367 g/mol. The van der Waals surface area contributed by atoms with Crippen LogP contribution in [0.25, 0.3) is 0 Å². The van der Waals surface area contributed by atoms with E-state index in [9.17, 15) is 4.79 Å². The molecule has 0 heterocycles. The van der Waals surface area contributed by atoms with Crippen LogP contribution in [-0.4, -0.2) is 18.2 Å². The summed E-state index contributed by atoms with van der Waals surface area (Å²) in [6.45, 7) is 2.15. The smallest absolute Gasteiger partial charge is 0.277 e. The van der Waals surface area contributed by atoms with E-state index in [-0.39, 0.29) is 12.5 Å². The van der Waals surface area contributed by atoms with Gasteiger partial charge in [-0.2, -0.15) is 5.10 Å². The average Bonchev–Trinajstić information content (AvgIpc) is 2.46. The second kappa shape index (κ2) is 7.61. The highest BCUT2D eigenvalue weighted by atomic mass is 127. The molecule has 2 rings (SSSR count). The fourth-order valence-corrected chi connectivity index (χ4v) is 2.54. The fraction of sp³-hybridized carbons (Fsp3) is 0.467. The maximum atomic E-state index is 11.7. The number of hydrogen-bond donors (Lipinski definition) is 1. The second-order valence-corrected chi connectivity index (χ2v) is 6.27. The zero-order chi connectivity index (χ0) is 14.4. The molecule has 1 aliphatic rings. The van der Waals surface area contributed by atoms with Crippen LogP contribution in [0.1, 0.15) is 32.6 Å². The summed E-state index contributed by atoms with van der Waals surface area (Å²) in [6.07, 6.45) is 4.57. The second-order valence-electron chi connectivity index (χ2n) is 5.03. The molecule has 4 nitrogen and oxygen atoms in total. The minimum Gasteiger partial charge on any atom is -0.484 e. The number of amides is 1. The van der Waals surface area contributed by atoms with Crippen molar-refractivity contribution >= 4 is 34.2 Å². The standard InChI is InChI=1S/C15H19IN2O2/c1-11-4-2-3-5-14(11)17-18-15(19)10-20-13-8-6-12(16)7-9-13/h6-9,11H,2-5,10H2,1H3,(H,18,19)/b17-14+. The van der Waals surface area contributed by atoms with Crippen LogP contribution in [0.5, 0.6) is 5.75 Å². The quantitative estimate of drug-likeness (QED) is 0.638. The van der Waals surface area contributed by atoms with Gasteiger partial charge in [-0.15, -0.1) is 0 Å². The highest BCUT2D eigenvalue weighted by Gasteiger charge is 2.16. The Balaban J connectivity index is 1.77. The molecule has 0 spiro atoms. The fourth-order valence-electron chi connectivity index (χ4n) is 2.18. The van der Waals surface area contributed by atoms with E-state index in [0.29, 0.717) is 11.7 Å². The van der Waals surface area contributed by atoms with Gasteiger partial charge in [0.25, 0.3) is 5.91 Å². The van der Waals surface area contributed by atoms with Gasteiger partial charge in [-0.3, -0.25) is 4.79 Å². The van der Waals surface area contributed by atoms with Crippen molar-refractivity contribution in [3.8, 4) is 5.75 Å². The normalized spacial score (nSPS) is 20.7. The molecule has 1 unspecified atom stereocenters. The summed E-state index contributed by atoms with van der Waals surface area (Å²) in [5.41, 5.74) is 3.68. The molecule has 1 amide bonds. The maximum absolute atomic E-state index is 11.7. The summed E-state index contributed by atoms with van der Waals surface area (Å²) in [7, 11) is 0. The number of hydrazone groups is 1. The molecule has 1 aliphatic carbocycles. The number of carbonyl (C=O) groups is 1. The van der Waals surface area contributed by atoms with E-state index in [4.69, 9.17) is 4.74 Å². The predicted octanol–water partition coefficient (Wildman–Crippen LogP) is 3.35. The van der Waals surface area contributed by atoms with Crippen molar-refractivity contribution in [1.82, 2.24) is 5.43 Å². The highest BCUT2D eigenvalue weighted by molar-refractivity contribution is 14.1. The molecule has 1 aromatic carbocycles. The third-order valence-corrected chi connectivity index (χ3v) is 4.12. The highest BCUT2D eigenvalue weighted by Crippen LogP contribution is 2.20. The maximum Gasteiger partial charge on any atom is 0.277 e. The zero-order valence-electron chi connectivity index (χ0n) is 11.6. The molecule has 0 aromatic heterocycles. The molecular formula is C15H19IN2O2. The molecule has 0 saturated heterocycles. The van der Waals surface area contributed by atoms with E-state index in [0.717, 1.165) is 28.5 Å². The molecule has 5 heteroatoms. The van der Waals surface area contributed by atoms with Crippen molar-refractivity contribution in [2.24, 2.45) is 11.0 Å². The van der Waals surface area contributed by atoms with E-state index in [1.54, 1.807) is 0 Å². The van der Waals surface area contributed by atoms with Crippen LogP contribution in [-0.2, 0) is 4.79 Å². The minimum absolute atomic E-state index is 0.00818. The van der Waals surface area contributed by atoms with Crippen molar-refractivity contribution in [1.29, 1.82) is 0 Å². The average molecular weight is 386 g/mol. The summed E-state index contributed by atoms with van der Waals surface area (Å²) in [4.78, 5) is 11.7. The first-order chi connectivity index (χ1) is 9.65. The predicted molar refractivity (Wildman–Crippen MR) is 87.9 cm³/mol. The number of nitrogens with zero attached hydrogens (tertiary/aromatic N) is 1. The Labute approximate surface area is 133 Å². The van der Waals surface area contributed by atoms with E-state index < -0.39 is 0 Å². The van der Waals surface area contributed by atoms with Crippen LogP contribution in [0.15, 0.2) is 29.4 Å². The molecule has 0 bridgehead atoms. The first-order valence-electron chi connectivity index (χ1n) is 6.89. The molecule has 108 valence electrons. The van der Waals surface area contributed by atoms with Gasteiger partial charge in [0, 0.05) is 9.28 Å². The summed E-state index contributed by atoms with van der Waals surface area (Å²) in [5, 5.41) is 4.23. The van der Waals surface area contributed by atoms with Crippen LogP contribution in [0, 0.1) is 9.49 Å². The van der Waals surface area contributed by atoms with Gasteiger partial charge >= 0.3 is 0 Å². The topological polar surface area (TPSA) is 50.7 Å². The Hall–Kier alpha value is -1.11. The summed E-state index contributed by atoms with van der Waals surface area (Å²) < 4.78 is 6.54. The van der Waals surface area contributed by atoms with Gasteiger partial charge in [0.1, 0.15) is 5.75 Å². The molecule has 1 N–H and O–H groups in total. The van der Waals surface area contributed by atoms with Crippen LogP contribution in [0.3, 0.4) is 0 Å². The van der Waals surface area contributed by atoms with Crippen molar-refractivity contribution < 1.29 is 9.53 Å². The van der Waals surface area contributed by atoms with Gasteiger partial charge in [0.05, 0.1) is 0 Å². The number of benzene rings is 1. The number of carbonyl (C=O) groups excluding carboxylic acids is 1. The van der Waals surface area contributed by atoms with Crippen molar-refractivity contribution in [3.05, 3.63) is 27.8 Å². The third-order valence-electron chi connectivity index (χ3n) is 3.40. The number of hydrogen-bond acceptors (Lipinski definition) is 3. The molecule has 0 aliphatic heterocycles. The van der Waals surface area contributed by atoms with E-state index in [2.05, 4.69) is 40.0 Å². The van der Waals surface area contributed by atoms with E-state index in [1.807, 2.05) is 24.3 Å². The van der Waals surface area contributed by atoms with Crippen LogP contribution < -0.4 is 10.2 Å². The number of rotatable bonds is 4. The summed E-state index contributed by atoms with van der Waals surface area (Å²) in [6, 6.07) is 7.59. The SMILES string of the molecule is CC1CCCC/C1=N\NC(=O)COc1ccc(I)cc1. The lowest BCUT2D eigenvalue weighted by Gasteiger charge is -2.19. The van der Waals surface area contributed by atoms with Crippen molar-refractivity contribution in [3.63, 3.8) is 0 Å². The molecule has 1 atom stereocenters. The lowest BCUT2D eigenvalue weighted by atomic mass is 9.89. The number of nitrogens with one attached hydrogen (secondary N) is 1. The Morgan fingerprint density at radius 1 is 1.40 bits per heavy atom. The minimum atomic E-state index is -0.214. The van der Waals surface area contributed by atoms with Crippen LogP contribution in [0.2, 0.25) is 0 Å². The van der Waals surface area contributed by atoms with Crippen LogP contribution >= 0.6 is 22.6 Å². The largest absolute Gasteiger partial charge is 0.484 e. The van der Waals surface area contributed by atoms with E-state index >= 15 is 0 Å². The third kappa shape index (κ3) is 4.77. The lowest BCUT2D eigenvalue weighted by molar-refractivity contribution is -0.123. The van der Waals surface area contributed by atoms with Gasteiger partial charge in [-0.25, -0.2) is 5.43 Å². The van der Waals surface area contributed by atoms with Gasteiger partial charge < -0.3 is 4.74 Å². The van der Waals surface area contributed by atoms with Gasteiger partial charge in [0.2, 0.25) is 0 Å².